The summed E-state index contributed by atoms with van der Waals surface area (Å²) in [6, 6.07) is 6.95. The Balaban J connectivity index is 1.75. The van der Waals surface area contributed by atoms with Crippen molar-refractivity contribution in [2.75, 3.05) is 20.2 Å². The third kappa shape index (κ3) is 7.06. The average Bonchev–Trinajstić information content (AvgIpc) is 3.16. The quantitative estimate of drug-likeness (QED) is 0.305. The summed E-state index contributed by atoms with van der Waals surface area (Å²) in [6.07, 6.45) is 1.71. The maximum Gasteiger partial charge on any atom is 0.407 e. The lowest BCUT2D eigenvalue weighted by molar-refractivity contribution is -0.132. The summed E-state index contributed by atoms with van der Waals surface area (Å²) in [4.78, 5) is 31.2. The number of nitrogens with one attached hydrogen (secondary N) is 2. The van der Waals surface area contributed by atoms with Crippen LogP contribution < -0.4 is 11.1 Å². The van der Waals surface area contributed by atoms with E-state index in [2.05, 4.69) is 10.5 Å². The number of oxime groups is 1. The van der Waals surface area contributed by atoms with Crippen LogP contribution in [0.5, 0.6) is 0 Å². The van der Waals surface area contributed by atoms with E-state index < -0.39 is 6.09 Å². The van der Waals surface area contributed by atoms with Crippen LogP contribution in [0.1, 0.15) is 50.7 Å². The highest BCUT2D eigenvalue weighted by Crippen LogP contribution is 2.20. The van der Waals surface area contributed by atoms with Gasteiger partial charge in [0, 0.05) is 31.6 Å². The highest BCUT2D eigenvalue weighted by Gasteiger charge is 2.26. The molecule has 0 bridgehead atoms. The molecule has 0 aliphatic carbocycles. The van der Waals surface area contributed by atoms with Crippen LogP contribution in [0.2, 0.25) is 0 Å². The van der Waals surface area contributed by atoms with E-state index in [9.17, 15) is 9.59 Å². The van der Waals surface area contributed by atoms with Gasteiger partial charge in [0.05, 0.1) is 18.7 Å². The Hall–Kier alpha value is -3.10. The molecule has 0 aromatic heterocycles. The second kappa shape index (κ2) is 11.2. The largest absolute Gasteiger partial charge is 0.450 e. The first-order valence-corrected chi connectivity index (χ1v) is 10.1. The minimum absolute atomic E-state index is 0.00983. The lowest BCUT2D eigenvalue weighted by atomic mass is 10.0. The Morgan fingerprint density at radius 3 is 2.73 bits per heavy atom. The third-order valence-corrected chi connectivity index (χ3v) is 4.73. The lowest BCUT2D eigenvalue weighted by Crippen LogP contribution is -2.43. The molecule has 9 nitrogen and oxygen atoms in total. The molecule has 0 saturated carbocycles. The standard InChI is InChI=1S/C21H31N5O4/c1-4-5-10-29-21(28)24-14(2)13-26(3)19(27)12-17-11-18(25-30-17)15-6-8-16(9-7-15)20(22)23/h6-9,14,17H,4-5,10-13H2,1-3H3,(H3,22,23)(H,24,28)/t14-,17-/m1/s1. The summed E-state index contributed by atoms with van der Waals surface area (Å²) in [5.74, 6) is -0.0769. The molecular formula is C21H31N5O4. The first-order valence-electron chi connectivity index (χ1n) is 10.1. The van der Waals surface area contributed by atoms with Crippen molar-refractivity contribution < 1.29 is 19.2 Å². The number of nitrogens with zero attached hydrogens (tertiary/aromatic N) is 2. The minimum atomic E-state index is -0.468. The summed E-state index contributed by atoms with van der Waals surface area (Å²) >= 11 is 0. The summed E-state index contributed by atoms with van der Waals surface area (Å²) in [5, 5.41) is 14.3. The number of ether oxygens (including phenoxy) is 1. The molecule has 1 aromatic rings. The van der Waals surface area contributed by atoms with Crippen LogP contribution in [-0.4, -0.2) is 60.8 Å². The monoisotopic (exact) mass is 417 g/mol. The van der Waals surface area contributed by atoms with Crippen LogP contribution in [-0.2, 0) is 14.4 Å². The second-order valence-electron chi connectivity index (χ2n) is 7.47. The molecule has 1 aliphatic rings. The highest BCUT2D eigenvalue weighted by atomic mass is 16.6. The van der Waals surface area contributed by atoms with Crippen LogP contribution in [0, 0.1) is 5.41 Å². The van der Waals surface area contributed by atoms with E-state index in [1.807, 2.05) is 26.0 Å². The lowest BCUT2D eigenvalue weighted by Gasteiger charge is -2.23. The molecule has 30 heavy (non-hydrogen) atoms. The van der Waals surface area contributed by atoms with Crippen molar-refractivity contribution in [2.45, 2.75) is 51.7 Å². The van der Waals surface area contributed by atoms with Gasteiger partial charge in [0.15, 0.2) is 0 Å². The van der Waals surface area contributed by atoms with Crippen molar-refractivity contribution in [3.05, 3.63) is 35.4 Å². The summed E-state index contributed by atoms with van der Waals surface area (Å²) in [7, 11) is 1.69. The smallest absolute Gasteiger partial charge is 0.407 e. The number of benzene rings is 1. The fraction of sp³-hybridized carbons (Fsp3) is 0.524. The molecule has 9 heteroatoms. The molecule has 0 unspecified atom stereocenters. The number of carbonyl (C=O) groups excluding carboxylic acids is 2. The van der Waals surface area contributed by atoms with E-state index in [1.54, 1.807) is 24.1 Å². The number of rotatable bonds is 10. The molecule has 1 heterocycles. The summed E-state index contributed by atoms with van der Waals surface area (Å²) < 4.78 is 5.07. The Morgan fingerprint density at radius 1 is 1.40 bits per heavy atom. The van der Waals surface area contributed by atoms with Crippen LogP contribution in [0.15, 0.2) is 29.4 Å². The van der Waals surface area contributed by atoms with E-state index >= 15 is 0 Å². The van der Waals surface area contributed by atoms with Crippen molar-refractivity contribution in [3.8, 4) is 0 Å². The third-order valence-electron chi connectivity index (χ3n) is 4.73. The summed E-state index contributed by atoms with van der Waals surface area (Å²) in [6.45, 7) is 4.61. The van der Waals surface area contributed by atoms with Gasteiger partial charge in [-0.2, -0.15) is 0 Å². The van der Waals surface area contributed by atoms with Crippen molar-refractivity contribution in [1.82, 2.24) is 10.2 Å². The SMILES string of the molecule is CCCCOC(=O)N[C@H](C)CN(C)C(=O)C[C@H]1CC(c2ccc(C(=N)N)cc2)=NO1. The van der Waals surface area contributed by atoms with Gasteiger partial charge in [0.25, 0.3) is 0 Å². The van der Waals surface area contributed by atoms with Gasteiger partial charge < -0.3 is 25.5 Å². The molecule has 4 N–H and O–H groups in total. The average molecular weight is 418 g/mol. The molecule has 0 spiro atoms. The molecule has 0 fully saturated rings. The predicted octanol–water partition coefficient (Wildman–Crippen LogP) is 2.23. The zero-order valence-electron chi connectivity index (χ0n) is 17.8. The highest BCUT2D eigenvalue weighted by molar-refractivity contribution is 6.02. The van der Waals surface area contributed by atoms with Gasteiger partial charge in [0.2, 0.25) is 5.91 Å². The van der Waals surface area contributed by atoms with E-state index in [0.29, 0.717) is 25.1 Å². The molecule has 0 saturated heterocycles. The van der Waals surface area contributed by atoms with E-state index in [1.165, 1.54) is 0 Å². The number of hydrogen-bond acceptors (Lipinski definition) is 6. The minimum Gasteiger partial charge on any atom is -0.450 e. The van der Waals surface area contributed by atoms with Gasteiger partial charge in [-0.05, 0) is 18.9 Å². The van der Waals surface area contributed by atoms with E-state index in [4.69, 9.17) is 20.7 Å². The van der Waals surface area contributed by atoms with Crippen LogP contribution in [0.4, 0.5) is 4.79 Å². The topological polar surface area (TPSA) is 130 Å². The van der Waals surface area contributed by atoms with E-state index in [0.717, 1.165) is 24.1 Å². The van der Waals surface area contributed by atoms with Gasteiger partial charge in [-0.25, -0.2) is 4.79 Å². The fourth-order valence-corrected chi connectivity index (χ4v) is 3.01. The first-order chi connectivity index (χ1) is 14.3. The zero-order chi connectivity index (χ0) is 22.1. The van der Waals surface area contributed by atoms with Gasteiger partial charge in [0.1, 0.15) is 11.9 Å². The molecule has 2 rings (SSSR count). The van der Waals surface area contributed by atoms with Crippen molar-refractivity contribution in [3.63, 3.8) is 0 Å². The number of unbranched alkanes of at least 4 members (excludes halogenated alkanes) is 1. The second-order valence-corrected chi connectivity index (χ2v) is 7.47. The maximum absolute atomic E-state index is 12.5. The molecule has 1 aliphatic heterocycles. The van der Waals surface area contributed by atoms with Crippen LogP contribution in [0.3, 0.4) is 0 Å². The van der Waals surface area contributed by atoms with Gasteiger partial charge in [-0.3, -0.25) is 10.2 Å². The normalized spacial score (nSPS) is 16.2. The number of likely N-dealkylation sites (N-methyl/N-ethyl adjacent to an activating group) is 1. The molecular weight excluding hydrogens is 386 g/mol. The van der Waals surface area contributed by atoms with Crippen molar-refractivity contribution >= 4 is 23.5 Å². The van der Waals surface area contributed by atoms with Crippen molar-refractivity contribution in [1.29, 1.82) is 5.41 Å². The van der Waals surface area contributed by atoms with Crippen LogP contribution >= 0.6 is 0 Å². The van der Waals surface area contributed by atoms with Gasteiger partial charge in [-0.15, -0.1) is 0 Å². The van der Waals surface area contributed by atoms with Crippen LogP contribution in [0.25, 0.3) is 0 Å². The van der Waals surface area contributed by atoms with E-state index in [-0.39, 0.29) is 30.3 Å². The molecule has 0 radical (unpaired) electrons. The Labute approximate surface area is 177 Å². The van der Waals surface area contributed by atoms with Gasteiger partial charge >= 0.3 is 6.09 Å². The molecule has 2 amide bonds. The number of amides is 2. The predicted molar refractivity (Wildman–Crippen MR) is 115 cm³/mol. The maximum atomic E-state index is 12.5. The first kappa shape index (κ1) is 23.2. The number of nitrogen functional groups attached to an aromatic ring is 1. The number of carbonyl (C=O) groups is 2. The van der Waals surface area contributed by atoms with Crippen molar-refractivity contribution in [2.24, 2.45) is 10.9 Å². The zero-order valence-corrected chi connectivity index (χ0v) is 17.8. The number of amidine groups is 1. The Morgan fingerprint density at radius 2 is 2.10 bits per heavy atom. The Kier molecular flexibility index (Phi) is 8.64. The Bertz CT molecular complexity index is 778. The molecule has 1 aromatic carbocycles. The fourth-order valence-electron chi connectivity index (χ4n) is 3.01. The summed E-state index contributed by atoms with van der Waals surface area (Å²) in [5.41, 5.74) is 7.75. The molecule has 2 atom stereocenters. The van der Waals surface area contributed by atoms with Gasteiger partial charge in [-0.1, -0.05) is 42.8 Å². The number of nitrogens with two attached hydrogens (primary N) is 1. The molecule has 164 valence electrons. The number of hydrogen-bond donors (Lipinski definition) is 3. The number of alkyl carbamates (subject to hydrolysis) is 1.